The SMILES string of the molecule is COc1ccc2c(c1)[C@]13CCCC[C@H]1[C@H](C2)N(CC1CN2CCC1CC2)CC3. The lowest BCUT2D eigenvalue weighted by atomic mass is 9.52. The molecule has 3 heteroatoms. The first kappa shape index (κ1) is 17.8. The zero-order valence-electron chi connectivity index (χ0n) is 17.5. The molecule has 0 spiro atoms. The highest BCUT2D eigenvalue weighted by Crippen LogP contribution is 2.56. The molecule has 1 unspecified atom stereocenters. The molecule has 1 aromatic carbocycles. The first-order chi connectivity index (χ1) is 13.8. The zero-order chi connectivity index (χ0) is 18.7. The number of piperidine rings is 4. The minimum absolute atomic E-state index is 0.441. The van der Waals surface area contributed by atoms with Crippen LogP contribution in [0, 0.1) is 17.8 Å². The summed E-state index contributed by atoms with van der Waals surface area (Å²) in [5.74, 6) is 3.86. The van der Waals surface area contributed by atoms with Crippen LogP contribution in [0.1, 0.15) is 56.1 Å². The Morgan fingerprint density at radius 2 is 1.96 bits per heavy atom. The van der Waals surface area contributed by atoms with Crippen LogP contribution in [-0.4, -0.2) is 55.7 Å². The summed E-state index contributed by atoms with van der Waals surface area (Å²) in [5.41, 5.74) is 3.73. The molecule has 4 heterocycles. The summed E-state index contributed by atoms with van der Waals surface area (Å²) in [4.78, 5) is 5.70. The van der Waals surface area contributed by atoms with Crippen molar-refractivity contribution < 1.29 is 4.74 Å². The molecule has 6 aliphatic rings. The predicted molar refractivity (Wildman–Crippen MR) is 113 cm³/mol. The Kier molecular flexibility index (Phi) is 4.28. The van der Waals surface area contributed by atoms with E-state index >= 15 is 0 Å². The van der Waals surface area contributed by atoms with E-state index in [0.717, 1.165) is 29.5 Å². The Morgan fingerprint density at radius 1 is 1.07 bits per heavy atom. The summed E-state index contributed by atoms with van der Waals surface area (Å²) in [5, 5.41) is 0. The number of fused-ring (bicyclic) bond motifs is 4. The third kappa shape index (κ3) is 2.61. The van der Waals surface area contributed by atoms with E-state index in [1.165, 1.54) is 84.1 Å². The molecule has 0 N–H and O–H groups in total. The van der Waals surface area contributed by atoms with Crippen molar-refractivity contribution in [3.8, 4) is 5.75 Å². The molecule has 0 radical (unpaired) electrons. The summed E-state index contributed by atoms with van der Waals surface area (Å²) in [6.07, 6.45) is 11.3. The van der Waals surface area contributed by atoms with Crippen LogP contribution in [0.15, 0.2) is 18.2 Å². The lowest BCUT2D eigenvalue weighted by Crippen LogP contribution is -2.62. The highest BCUT2D eigenvalue weighted by atomic mass is 16.5. The van der Waals surface area contributed by atoms with Crippen molar-refractivity contribution in [2.24, 2.45) is 17.8 Å². The van der Waals surface area contributed by atoms with Gasteiger partial charge >= 0.3 is 0 Å². The Bertz CT molecular complexity index is 740. The van der Waals surface area contributed by atoms with Crippen molar-refractivity contribution in [2.45, 2.75) is 62.8 Å². The monoisotopic (exact) mass is 380 g/mol. The normalized spacial score (nSPS) is 42.0. The molecule has 28 heavy (non-hydrogen) atoms. The second kappa shape index (κ2) is 6.74. The van der Waals surface area contributed by atoms with Crippen molar-refractivity contribution in [3.63, 3.8) is 0 Å². The Hall–Kier alpha value is -1.06. The fourth-order valence-corrected chi connectivity index (χ4v) is 8.01. The van der Waals surface area contributed by atoms with Gasteiger partial charge in [-0.3, -0.25) is 4.90 Å². The van der Waals surface area contributed by atoms with Gasteiger partial charge in [0, 0.05) is 24.5 Å². The van der Waals surface area contributed by atoms with Gasteiger partial charge in [-0.1, -0.05) is 18.9 Å². The van der Waals surface area contributed by atoms with E-state index in [1.807, 2.05) is 7.11 Å². The van der Waals surface area contributed by atoms with Crippen LogP contribution < -0.4 is 4.74 Å². The number of rotatable bonds is 3. The second-order valence-electron chi connectivity index (χ2n) is 10.4. The molecule has 1 saturated carbocycles. The van der Waals surface area contributed by atoms with Gasteiger partial charge in [-0.05, 0) is 99.2 Å². The molecule has 152 valence electrons. The highest BCUT2D eigenvalue weighted by molar-refractivity contribution is 5.45. The smallest absolute Gasteiger partial charge is 0.119 e. The average molecular weight is 381 g/mol. The van der Waals surface area contributed by atoms with Crippen LogP contribution in [0.4, 0.5) is 0 Å². The third-order valence-electron chi connectivity index (χ3n) is 9.42. The molecule has 0 aromatic heterocycles. The Morgan fingerprint density at radius 3 is 2.75 bits per heavy atom. The number of likely N-dealkylation sites (tertiary alicyclic amines) is 1. The number of hydrogen-bond acceptors (Lipinski definition) is 3. The Balaban J connectivity index is 1.31. The average Bonchev–Trinajstić information content (AvgIpc) is 2.76. The molecule has 4 aliphatic heterocycles. The first-order valence-electron chi connectivity index (χ1n) is 11.9. The maximum absolute atomic E-state index is 5.63. The number of nitrogens with zero attached hydrogens (tertiary/aromatic N) is 2. The summed E-state index contributed by atoms with van der Waals surface area (Å²) >= 11 is 0. The molecular formula is C25H36N2O. The van der Waals surface area contributed by atoms with Gasteiger partial charge in [0.25, 0.3) is 0 Å². The van der Waals surface area contributed by atoms with Crippen LogP contribution in [0.5, 0.6) is 5.75 Å². The van der Waals surface area contributed by atoms with Crippen molar-refractivity contribution in [2.75, 3.05) is 39.8 Å². The molecular weight excluding hydrogens is 344 g/mol. The van der Waals surface area contributed by atoms with Gasteiger partial charge in [0.1, 0.15) is 5.75 Å². The molecule has 0 amide bonds. The van der Waals surface area contributed by atoms with Gasteiger partial charge < -0.3 is 9.64 Å². The van der Waals surface area contributed by atoms with Gasteiger partial charge in [-0.15, -0.1) is 0 Å². The minimum Gasteiger partial charge on any atom is -0.497 e. The fraction of sp³-hybridized carbons (Fsp3) is 0.760. The quantitative estimate of drug-likeness (QED) is 0.785. The fourth-order valence-electron chi connectivity index (χ4n) is 8.01. The van der Waals surface area contributed by atoms with Crippen molar-refractivity contribution >= 4 is 0 Å². The molecule has 2 aliphatic carbocycles. The number of hydrogen-bond donors (Lipinski definition) is 0. The lowest BCUT2D eigenvalue weighted by molar-refractivity contribution is -0.0413. The van der Waals surface area contributed by atoms with Crippen LogP contribution in [0.3, 0.4) is 0 Å². The molecule has 4 saturated heterocycles. The van der Waals surface area contributed by atoms with E-state index < -0.39 is 0 Å². The van der Waals surface area contributed by atoms with Crippen LogP contribution >= 0.6 is 0 Å². The van der Waals surface area contributed by atoms with Gasteiger partial charge in [0.15, 0.2) is 0 Å². The van der Waals surface area contributed by atoms with Crippen LogP contribution in [0.25, 0.3) is 0 Å². The van der Waals surface area contributed by atoms with E-state index in [9.17, 15) is 0 Å². The van der Waals surface area contributed by atoms with E-state index in [0.29, 0.717) is 5.41 Å². The van der Waals surface area contributed by atoms with Gasteiger partial charge in [0.05, 0.1) is 7.11 Å². The number of benzene rings is 1. The van der Waals surface area contributed by atoms with Crippen LogP contribution in [-0.2, 0) is 11.8 Å². The maximum Gasteiger partial charge on any atom is 0.119 e. The summed E-state index contributed by atoms with van der Waals surface area (Å²) in [6, 6.07) is 7.79. The highest BCUT2D eigenvalue weighted by Gasteiger charge is 2.54. The van der Waals surface area contributed by atoms with E-state index in [1.54, 1.807) is 11.1 Å². The van der Waals surface area contributed by atoms with Gasteiger partial charge in [0.2, 0.25) is 0 Å². The largest absolute Gasteiger partial charge is 0.497 e. The topological polar surface area (TPSA) is 15.7 Å². The number of ether oxygens (including phenoxy) is 1. The van der Waals surface area contributed by atoms with E-state index in [4.69, 9.17) is 4.74 Å². The first-order valence-corrected chi connectivity index (χ1v) is 11.9. The Labute approximate surface area is 170 Å². The molecule has 4 bridgehead atoms. The van der Waals surface area contributed by atoms with E-state index in [2.05, 4.69) is 28.0 Å². The molecule has 4 atom stereocenters. The lowest BCUT2D eigenvalue weighted by Gasteiger charge is -2.60. The van der Waals surface area contributed by atoms with E-state index in [-0.39, 0.29) is 0 Å². The standard InChI is InChI=1S/C25H36N2O/c1-28-21-6-5-19-14-24-22-4-2-3-9-25(22,23(19)15-21)10-13-27(24)17-20-16-26-11-7-18(20)8-12-26/h5-6,15,18,20,22,24H,2-4,7-14,16-17H2,1H3/t20?,22-,24-,25-/m0/s1. The minimum atomic E-state index is 0.441. The van der Waals surface area contributed by atoms with Gasteiger partial charge in [-0.2, -0.15) is 0 Å². The van der Waals surface area contributed by atoms with Crippen molar-refractivity contribution in [1.29, 1.82) is 0 Å². The van der Waals surface area contributed by atoms with Crippen molar-refractivity contribution in [1.82, 2.24) is 9.80 Å². The molecule has 7 rings (SSSR count). The number of methoxy groups -OCH3 is 1. The van der Waals surface area contributed by atoms with Crippen molar-refractivity contribution in [3.05, 3.63) is 29.3 Å². The zero-order valence-corrected chi connectivity index (χ0v) is 17.5. The second-order valence-corrected chi connectivity index (χ2v) is 10.4. The predicted octanol–water partition coefficient (Wildman–Crippen LogP) is 4.10. The summed E-state index contributed by atoms with van der Waals surface area (Å²) in [6.45, 7) is 6.79. The summed E-state index contributed by atoms with van der Waals surface area (Å²) in [7, 11) is 1.82. The molecule has 3 nitrogen and oxygen atoms in total. The maximum atomic E-state index is 5.63. The van der Waals surface area contributed by atoms with Gasteiger partial charge in [-0.25, -0.2) is 0 Å². The molecule has 1 aromatic rings. The summed E-state index contributed by atoms with van der Waals surface area (Å²) < 4.78 is 5.63. The van der Waals surface area contributed by atoms with Crippen LogP contribution in [0.2, 0.25) is 0 Å². The molecule has 5 fully saturated rings. The third-order valence-corrected chi connectivity index (χ3v) is 9.42.